The highest BCUT2D eigenvalue weighted by molar-refractivity contribution is 4.87. The van der Waals surface area contributed by atoms with Crippen molar-refractivity contribution in [2.75, 3.05) is 39.9 Å². The summed E-state index contributed by atoms with van der Waals surface area (Å²) in [7, 11) is 1.81. The molecule has 1 fully saturated rings. The van der Waals surface area contributed by atoms with Crippen LogP contribution in [0.25, 0.3) is 0 Å². The van der Waals surface area contributed by atoms with Crippen molar-refractivity contribution in [3.63, 3.8) is 0 Å². The number of methoxy groups -OCH3 is 1. The summed E-state index contributed by atoms with van der Waals surface area (Å²) >= 11 is 0. The number of ether oxygens (including phenoxy) is 1. The van der Waals surface area contributed by atoms with E-state index in [0.717, 1.165) is 19.1 Å². The van der Waals surface area contributed by atoms with Gasteiger partial charge in [-0.1, -0.05) is 27.7 Å². The normalized spacial score (nSPS) is 20.9. The Morgan fingerprint density at radius 1 is 1.30 bits per heavy atom. The van der Waals surface area contributed by atoms with Gasteiger partial charge in [-0.3, -0.25) is 4.90 Å². The first-order valence-corrected chi connectivity index (χ1v) is 8.48. The van der Waals surface area contributed by atoms with Crippen LogP contribution in [0.4, 0.5) is 0 Å². The average Bonchev–Trinajstić information content (AvgIpc) is 2.46. The van der Waals surface area contributed by atoms with Crippen molar-refractivity contribution in [1.29, 1.82) is 0 Å². The fraction of sp³-hybridized carbons (Fsp3) is 1.00. The molecule has 0 spiro atoms. The van der Waals surface area contributed by atoms with Gasteiger partial charge in [0.2, 0.25) is 0 Å². The molecule has 1 N–H and O–H groups in total. The fourth-order valence-corrected chi connectivity index (χ4v) is 3.58. The van der Waals surface area contributed by atoms with Crippen LogP contribution in [-0.4, -0.2) is 50.8 Å². The monoisotopic (exact) mass is 284 g/mol. The maximum atomic E-state index is 5.32. The Hall–Kier alpha value is -0.120. The van der Waals surface area contributed by atoms with Crippen LogP contribution in [0.15, 0.2) is 0 Å². The first-order chi connectivity index (χ1) is 9.55. The van der Waals surface area contributed by atoms with E-state index in [1.165, 1.54) is 45.3 Å². The van der Waals surface area contributed by atoms with Gasteiger partial charge < -0.3 is 10.1 Å². The summed E-state index contributed by atoms with van der Waals surface area (Å²) in [6.45, 7) is 15.0. The van der Waals surface area contributed by atoms with Crippen LogP contribution in [-0.2, 0) is 4.74 Å². The first-order valence-electron chi connectivity index (χ1n) is 8.48. The zero-order valence-corrected chi connectivity index (χ0v) is 14.4. The minimum Gasteiger partial charge on any atom is -0.383 e. The third-order valence-corrected chi connectivity index (χ3v) is 5.05. The van der Waals surface area contributed by atoms with Crippen molar-refractivity contribution in [1.82, 2.24) is 10.2 Å². The molecule has 1 aliphatic rings. The Labute approximate surface area is 126 Å². The van der Waals surface area contributed by atoms with Crippen molar-refractivity contribution in [3.8, 4) is 0 Å². The zero-order valence-electron chi connectivity index (χ0n) is 14.4. The first kappa shape index (κ1) is 17.9. The van der Waals surface area contributed by atoms with Gasteiger partial charge in [0.15, 0.2) is 0 Å². The lowest BCUT2D eigenvalue weighted by Crippen LogP contribution is -2.48. The number of piperidine rings is 1. The molecule has 0 radical (unpaired) electrons. The molecule has 0 aromatic heterocycles. The van der Waals surface area contributed by atoms with Crippen molar-refractivity contribution >= 4 is 0 Å². The van der Waals surface area contributed by atoms with Crippen LogP contribution in [0.5, 0.6) is 0 Å². The van der Waals surface area contributed by atoms with E-state index in [-0.39, 0.29) is 0 Å². The van der Waals surface area contributed by atoms with Gasteiger partial charge in [0.1, 0.15) is 0 Å². The number of hydrogen-bond donors (Lipinski definition) is 1. The Morgan fingerprint density at radius 2 is 2.00 bits per heavy atom. The average molecular weight is 284 g/mol. The highest BCUT2D eigenvalue weighted by atomic mass is 16.5. The molecule has 0 amide bonds. The van der Waals surface area contributed by atoms with Gasteiger partial charge >= 0.3 is 0 Å². The van der Waals surface area contributed by atoms with E-state index in [9.17, 15) is 0 Å². The smallest absolute Gasteiger partial charge is 0.0589 e. The maximum Gasteiger partial charge on any atom is 0.0589 e. The van der Waals surface area contributed by atoms with E-state index in [2.05, 4.69) is 37.9 Å². The summed E-state index contributed by atoms with van der Waals surface area (Å²) in [5.74, 6) is 0.802. The van der Waals surface area contributed by atoms with Gasteiger partial charge in [0, 0.05) is 26.2 Å². The van der Waals surface area contributed by atoms with Crippen molar-refractivity contribution in [2.45, 2.75) is 59.4 Å². The van der Waals surface area contributed by atoms with Crippen LogP contribution in [0, 0.1) is 11.3 Å². The molecule has 0 aromatic carbocycles. The molecule has 3 nitrogen and oxygen atoms in total. The van der Waals surface area contributed by atoms with Crippen molar-refractivity contribution in [3.05, 3.63) is 0 Å². The van der Waals surface area contributed by atoms with E-state index in [0.29, 0.717) is 11.5 Å². The van der Waals surface area contributed by atoms with Crippen LogP contribution < -0.4 is 5.32 Å². The molecule has 0 aromatic rings. The molecule has 1 atom stereocenters. The molecule has 1 saturated heterocycles. The lowest BCUT2D eigenvalue weighted by atomic mass is 9.74. The summed E-state index contributed by atoms with van der Waals surface area (Å²) in [5, 5.41) is 3.57. The Bertz CT molecular complexity index is 245. The summed E-state index contributed by atoms with van der Waals surface area (Å²) in [5.41, 5.74) is 0.379. The van der Waals surface area contributed by atoms with E-state index in [1.807, 2.05) is 0 Å². The molecule has 1 aliphatic heterocycles. The molecule has 0 saturated carbocycles. The molecule has 1 unspecified atom stereocenters. The van der Waals surface area contributed by atoms with Crippen LogP contribution in [0.2, 0.25) is 0 Å². The number of hydrogen-bond acceptors (Lipinski definition) is 3. The van der Waals surface area contributed by atoms with Gasteiger partial charge in [-0.15, -0.1) is 0 Å². The molecule has 3 heteroatoms. The minimum atomic E-state index is 0.379. The van der Waals surface area contributed by atoms with Crippen LogP contribution in [0.1, 0.15) is 53.4 Å². The molecule has 1 heterocycles. The van der Waals surface area contributed by atoms with E-state index < -0.39 is 0 Å². The fourth-order valence-electron chi connectivity index (χ4n) is 3.58. The lowest BCUT2D eigenvalue weighted by molar-refractivity contribution is 0.0502. The van der Waals surface area contributed by atoms with Gasteiger partial charge in [-0.05, 0) is 50.1 Å². The highest BCUT2D eigenvalue weighted by Crippen LogP contribution is 2.33. The molecule has 0 aliphatic carbocycles. The highest BCUT2D eigenvalue weighted by Gasteiger charge is 2.33. The van der Waals surface area contributed by atoms with Crippen molar-refractivity contribution < 1.29 is 4.74 Å². The molecular weight excluding hydrogens is 248 g/mol. The van der Waals surface area contributed by atoms with Crippen molar-refractivity contribution in [2.24, 2.45) is 11.3 Å². The number of rotatable bonds is 9. The third kappa shape index (κ3) is 5.34. The van der Waals surface area contributed by atoms with Gasteiger partial charge in [0.25, 0.3) is 0 Å². The van der Waals surface area contributed by atoms with Gasteiger partial charge in [-0.25, -0.2) is 0 Å². The lowest BCUT2D eigenvalue weighted by Gasteiger charge is -2.43. The zero-order chi connectivity index (χ0) is 15.0. The quantitative estimate of drug-likeness (QED) is 0.704. The van der Waals surface area contributed by atoms with E-state index in [1.54, 1.807) is 7.11 Å². The SMILES string of the molecule is CCC(CC)N(CCOC)CC(C)(C)C1CCCNC1. The summed E-state index contributed by atoms with van der Waals surface area (Å²) in [4.78, 5) is 2.66. The van der Waals surface area contributed by atoms with E-state index in [4.69, 9.17) is 4.74 Å². The molecule has 20 heavy (non-hydrogen) atoms. The second-order valence-electron chi connectivity index (χ2n) is 6.97. The van der Waals surface area contributed by atoms with Gasteiger partial charge in [0.05, 0.1) is 6.61 Å². The Morgan fingerprint density at radius 3 is 2.50 bits per heavy atom. The minimum absolute atomic E-state index is 0.379. The summed E-state index contributed by atoms with van der Waals surface area (Å²) < 4.78 is 5.32. The second-order valence-corrected chi connectivity index (χ2v) is 6.97. The second kappa shape index (κ2) is 9.01. The Kier molecular flexibility index (Phi) is 8.08. The molecular formula is C17H36N2O. The molecule has 0 bridgehead atoms. The third-order valence-electron chi connectivity index (χ3n) is 5.05. The van der Waals surface area contributed by atoms with Crippen LogP contribution in [0.3, 0.4) is 0 Å². The largest absolute Gasteiger partial charge is 0.383 e. The standard InChI is InChI=1S/C17H36N2O/c1-6-16(7-2)19(11-12-20-5)14-17(3,4)15-9-8-10-18-13-15/h15-16,18H,6-14H2,1-5H3. The summed E-state index contributed by atoms with van der Waals surface area (Å²) in [6.07, 6.45) is 5.18. The van der Waals surface area contributed by atoms with Gasteiger partial charge in [-0.2, -0.15) is 0 Å². The molecule has 120 valence electrons. The predicted octanol–water partition coefficient (Wildman–Crippen LogP) is 3.15. The predicted molar refractivity (Wildman–Crippen MR) is 87.2 cm³/mol. The topological polar surface area (TPSA) is 24.5 Å². The summed E-state index contributed by atoms with van der Waals surface area (Å²) in [6, 6.07) is 0.695. The Balaban J connectivity index is 2.64. The number of nitrogens with zero attached hydrogens (tertiary/aromatic N) is 1. The maximum absolute atomic E-state index is 5.32. The molecule has 1 rings (SSSR count). The number of nitrogens with one attached hydrogen (secondary N) is 1. The van der Waals surface area contributed by atoms with Crippen LogP contribution >= 0.6 is 0 Å². The van der Waals surface area contributed by atoms with E-state index >= 15 is 0 Å².